The molecule has 10 heteroatoms. The molecule has 0 radical (unpaired) electrons. The average molecular weight is 486 g/mol. The van der Waals surface area contributed by atoms with E-state index in [-0.39, 0.29) is 24.4 Å². The normalized spacial score (nSPS) is 10.9. The quantitative estimate of drug-likeness (QED) is 0.379. The predicted octanol–water partition coefficient (Wildman–Crippen LogP) is 3.14. The molecule has 1 amide bonds. The van der Waals surface area contributed by atoms with Crippen LogP contribution in [-0.4, -0.2) is 32.0 Å². The molecule has 1 N–H and O–H groups in total. The van der Waals surface area contributed by atoms with Gasteiger partial charge in [-0.1, -0.05) is 48.5 Å². The van der Waals surface area contributed by atoms with E-state index in [1.165, 1.54) is 29.8 Å². The van der Waals surface area contributed by atoms with Crippen molar-refractivity contribution >= 4 is 27.5 Å². The standard InChI is InChI=1S/C25H19N5O4S/c31-21-12-11-20(27-29(21)13-14-34-18-9-5-2-6-10-18)23(32)28-30-16-26-24-22(25(30)33)19(15-35-24)17-7-3-1-4-8-17/h1-12,15-16H,13-14H2,(H,28,32). The number of hydrogen-bond acceptors (Lipinski definition) is 7. The van der Waals surface area contributed by atoms with Gasteiger partial charge in [-0.15, -0.1) is 11.3 Å². The first-order valence-electron chi connectivity index (χ1n) is 10.7. The van der Waals surface area contributed by atoms with Crippen LogP contribution in [0.2, 0.25) is 0 Å². The van der Waals surface area contributed by atoms with E-state index in [0.29, 0.717) is 16.0 Å². The van der Waals surface area contributed by atoms with Crippen molar-refractivity contribution in [1.82, 2.24) is 19.4 Å². The summed E-state index contributed by atoms with van der Waals surface area (Å²) in [6, 6.07) is 21.2. The molecule has 3 heterocycles. The first kappa shape index (κ1) is 22.2. The van der Waals surface area contributed by atoms with Crippen molar-refractivity contribution in [3.05, 3.63) is 111 Å². The number of nitrogens with zero attached hydrogens (tertiary/aromatic N) is 4. The third kappa shape index (κ3) is 4.73. The van der Waals surface area contributed by atoms with Gasteiger partial charge in [-0.2, -0.15) is 5.10 Å². The molecule has 0 bridgehead atoms. The summed E-state index contributed by atoms with van der Waals surface area (Å²) < 4.78 is 7.78. The van der Waals surface area contributed by atoms with Gasteiger partial charge < -0.3 is 4.74 Å². The summed E-state index contributed by atoms with van der Waals surface area (Å²) in [5.74, 6) is 0.0162. The zero-order valence-corrected chi connectivity index (χ0v) is 19.1. The van der Waals surface area contributed by atoms with Gasteiger partial charge in [-0.25, -0.2) is 14.3 Å². The fourth-order valence-electron chi connectivity index (χ4n) is 3.51. The number of ether oxygens (including phenoxy) is 1. The molecule has 3 aromatic heterocycles. The molecule has 5 aromatic rings. The van der Waals surface area contributed by atoms with Crippen molar-refractivity contribution in [3.63, 3.8) is 0 Å². The number of aromatic nitrogens is 4. The zero-order valence-electron chi connectivity index (χ0n) is 18.3. The van der Waals surface area contributed by atoms with Gasteiger partial charge in [0.25, 0.3) is 17.0 Å². The molecular formula is C25H19N5O4S. The number of carbonyl (C=O) groups excluding carboxylic acids is 1. The molecular weight excluding hydrogens is 466 g/mol. The molecule has 9 nitrogen and oxygen atoms in total. The van der Waals surface area contributed by atoms with Crippen LogP contribution in [0.3, 0.4) is 0 Å². The van der Waals surface area contributed by atoms with Gasteiger partial charge in [-0.3, -0.25) is 19.8 Å². The molecule has 5 rings (SSSR count). The Kier molecular flexibility index (Phi) is 6.18. The summed E-state index contributed by atoms with van der Waals surface area (Å²) >= 11 is 1.36. The van der Waals surface area contributed by atoms with E-state index in [1.807, 2.05) is 53.9 Å². The van der Waals surface area contributed by atoms with E-state index < -0.39 is 11.5 Å². The van der Waals surface area contributed by atoms with Crippen LogP contribution in [0, 0.1) is 0 Å². The van der Waals surface area contributed by atoms with Crippen LogP contribution >= 0.6 is 11.3 Å². The van der Waals surface area contributed by atoms with Gasteiger partial charge in [-0.05, 0) is 23.8 Å². The van der Waals surface area contributed by atoms with Crippen LogP contribution < -0.4 is 21.3 Å². The van der Waals surface area contributed by atoms with Crippen LogP contribution in [0.25, 0.3) is 21.3 Å². The highest BCUT2D eigenvalue weighted by Crippen LogP contribution is 2.30. The number of rotatable bonds is 7. The van der Waals surface area contributed by atoms with Gasteiger partial charge in [0.2, 0.25) is 0 Å². The van der Waals surface area contributed by atoms with E-state index in [9.17, 15) is 14.4 Å². The van der Waals surface area contributed by atoms with E-state index in [4.69, 9.17) is 4.74 Å². The van der Waals surface area contributed by atoms with Crippen molar-refractivity contribution in [2.75, 3.05) is 12.0 Å². The number of para-hydroxylation sites is 1. The maximum absolute atomic E-state index is 13.2. The van der Waals surface area contributed by atoms with E-state index in [2.05, 4.69) is 15.5 Å². The first-order chi connectivity index (χ1) is 17.1. The van der Waals surface area contributed by atoms with Gasteiger partial charge in [0.15, 0.2) is 5.69 Å². The summed E-state index contributed by atoms with van der Waals surface area (Å²) in [4.78, 5) is 43.1. The Morgan fingerprint density at radius 1 is 0.971 bits per heavy atom. The monoisotopic (exact) mass is 485 g/mol. The molecule has 0 fully saturated rings. The van der Waals surface area contributed by atoms with Crippen LogP contribution in [0.5, 0.6) is 5.75 Å². The Morgan fingerprint density at radius 3 is 2.49 bits per heavy atom. The fourth-order valence-corrected chi connectivity index (χ4v) is 4.41. The highest BCUT2D eigenvalue weighted by atomic mass is 32.1. The summed E-state index contributed by atoms with van der Waals surface area (Å²) in [6.45, 7) is 0.347. The van der Waals surface area contributed by atoms with Crippen LogP contribution in [-0.2, 0) is 6.54 Å². The summed E-state index contributed by atoms with van der Waals surface area (Å²) in [5, 5.41) is 6.41. The van der Waals surface area contributed by atoms with E-state index >= 15 is 0 Å². The number of benzene rings is 2. The Morgan fingerprint density at radius 2 is 1.71 bits per heavy atom. The minimum absolute atomic E-state index is 0.0232. The number of nitrogens with one attached hydrogen (secondary N) is 1. The van der Waals surface area contributed by atoms with Crippen molar-refractivity contribution in [1.29, 1.82) is 0 Å². The Labute approximate surface area is 202 Å². The second kappa shape index (κ2) is 9.74. The first-order valence-corrected chi connectivity index (χ1v) is 11.6. The van der Waals surface area contributed by atoms with Crippen molar-refractivity contribution < 1.29 is 9.53 Å². The molecule has 0 atom stereocenters. The zero-order chi connectivity index (χ0) is 24.2. The van der Waals surface area contributed by atoms with Crippen molar-refractivity contribution in [2.24, 2.45) is 0 Å². The van der Waals surface area contributed by atoms with Gasteiger partial charge in [0, 0.05) is 17.0 Å². The van der Waals surface area contributed by atoms with E-state index in [1.54, 1.807) is 12.1 Å². The SMILES string of the molecule is O=C(Nn1cnc2scc(-c3ccccc3)c2c1=O)c1ccc(=O)n(CCOc2ccccc2)n1. The van der Waals surface area contributed by atoms with Gasteiger partial charge in [0.05, 0.1) is 11.9 Å². The Hall–Kier alpha value is -4.57. The third-order valence-electron chi connectivity index (χ3n) is 5.22. The molecule has 35 heavy (non-hydrogen) atoms. The van der Waals surface area contributed by atoms with E-state index in [0.717, 1.165) is 20.5 Å². The number of thiophene rings is 1. The Balaban J connectivity index is 1.36. The van der Waals surface area contributed by atoms with Crippen LogP contribution in [0.1, 0.15) is 10.5 Å². The molecule has 174 valence electrons. The summed E-state index contributed by atoms with van der Waals surface area (Å²) in [6.07, 6.45) is 1.26. The summed E-state index contributed by atoms with van der Waals surface area (Å²) in [7, 11) is 0. The molecule has 2 aromatic carbocycles. The van der Waals surface area contributed by atoms with Gasteiger partial charge in [0.1, 0.15) is 23.5 Å². The number of carbonyl (C=O) groups is 1. The highest BCUT2D eigenvalue weighted by Gasteiger charge is 2.16. The smallest absolute Gasteiger partial charge is 0.290 e. The lowest BCUT2D eigenvalue weighted by Crippen LogP contribution is -2.35. The average Bonchev–Trinajstić information content (AvgIpc) is 3.33. The minimum atomic E-state index is -0.650. The molecule has 0 aliphatic rings. The van der Waals surface area contributed by atoms with Crippen LogP contribution in [0.4, 0.5) is 0 Å². The lowest BCUT2D eigenvalue weighted by Gasteiger charge is -2.10. The molecule has 0 aliphatic carbocycles. The lowest BCUT2D eigenvalue weighted by atomic mass is 10.1. The molecule has 0 saturated carbocycles. The third-order valence-corrected chi connectivity index (χ3v) is 6.10. The highest BCUT2D eigenvalue weighted by molar-refractivity contribution is 7.17. The molecule has 0 spiro atoms. The van der Waals surface area contributed by atoms with Crippen LogP contribution in [0.15, 0.2) is 94.1 Å². The molecule has 0 unspecified atom stereocenters. The second-order valence-electron chi connectivity index (χ2n) is 7.50. The van der Waals surface area contributed by atoms with Crippen molar-refractivity contribution in [3.8, 4) is 16.9 Å². The Bertz CT molecular complexity index is 1610. The lowest BCUT2D eigenvalue weighted by molar-refractivity contribution is 0.0999. The van der Waals surface area contributed by atoms with Gasteiger partial charge >= 0.3 is 0 Å². The fraction of sp³-hybridized carbons (Fsp3) is 0.0800. The number of hydrogen-bond donors (Lipinski definition) is 1. The number of fused-ring (bicyclic) bond motifs is 1. The maximum atomic E-state index is 13.2. The largest absolute Gasteiger partial charge is 0.492 e. The topological polar surface area (TPSA) is 108 Å². The molecule has 0 saturated heterocycles. The minimum Gasteiger partial charge on any atom is -0.492 e. The molecule has 0 aliphatic heterocycles. The second-order valence-corrected chi connectivity index (χ2v) is 8.36. The summed E-state index contributed by atoms with van der Waals surface area (Å²) in [5.41, 5.74) is 3.34. The van der Waals surface area contributed by atoms with Crippen molar-refractivity contribution in [2.45, 2.75) is 6.54 Å². The number of amides is 1. The predicted molar refractivity (Wildman–Crippen MR) is 133 cm³/mol. The maximum Gasteiger partial charge on any atom is 0.290 e.